The van der Waals surface area contributed by atoms with E-state index in [0.29, 0.717) is 6.54 Å². The average Bonchev–Trinajstić information content (AvgIpc) is 2.92. The second kappa shape index (κ2) is 3.07. The molecule has 3 unspecified atom stereocenters. The third-order valence-electron chi connectivity index (χ3n) is 3.47. The van der Waals surface area contributed by atoms with E-state index in [1.165, 1.54) is 0 Å². The van der Waals surface area contributed by atoms with Gasteiger partial charge in [-0.2, -0.15) is 0 Å². The molecule has 1 aromatic carbocycles. The van der Waals surface area contributed by atoms with Crippen LogP contribution in [0.5, 0.6) is 0 Å². The number of fused-ring (bicyclic) bond motifs is 1. The fourth-order valence-corrected chi connectivity index (χ4v) is 2.60. The monoisotopic (exact) mass is 217 g/mol. The number of hydrogen-bond donors (Lipinski definition) is 1. The minimum absolute atomic E-state index is 0.0187. The van der Waals surface area contributed by atoms with Crippen LogP contribution in [0.1, 0.15) is 0 Å². The summed E-state index contributed by atoms with van der Waals surface area (Å²) in [5, 5.41) is 8.86. The molecular weight excluding hydrogens is 206 g/mol. The largest absolute Gasteiger partial charge is 0.481 e. The van der Waals surface area contributed by atoms with Crippen LogP contribution in [-0.4, -0.2) is 23.5 Å². The molecule has 3 rings (SSSR count). The van der Waals surface area contributed by atoms with Crippen molar-refractivity contribution in [3.05, 3.63) is 30.3 Å². The van der Waals surface area contributed by atoms with Crippen molar-refractivity contribution >= 4 is 17.6 Å². The molecule has 2 fully saturated rings. The van der Waals surface area contributed by atoms with Crippen LogP contribution in [-0.2, 0) is 9.59 Å². The first-order valence-electron chi connectivity index (χ1n) is 5.29. The highest BCUT2D eigenvalue weighted by Gasteiger charge is 2.65. The molecule has 0 bridgehead atoms. The zero-order chi connectivity index (χ0) is 11.3. The number of carbonyl (C=O) groups excluding carboxylic acids is 1. The van der Waals surface area contributed by atoms with E-state index in [-0.39, 0.29) is 17.7 Å². The maximum absolute atomic E-state index is 11.9. The second-order valence-corrected chi connectivity index (χ2v) is 4.34. The van der Waals surface area contributed by atoms with Gasteiger partial charge in [-0.3, -0.25) is 9.59 Å². The van der Waals surface area contributed by atoms with Crippen molar-refractivity contribution in [2.45, 2.75) is 0 Å². The summed E-state index contributed by atoms with van der Waals surface area (Å²) in [7, 11) is 0. The number of hydrogen-bond acceptors (Lipinski definition) is 2. The average molecular weight is 217 g/mol. The summed E-state index contributed by atoms with van der Waals surface area (Å²) in [6.45, 7) is 0.546. The topological polar surface area (TPSA) is 57.6 Å². The molecule has 3 atom stereocenters. The molecule has 1 aliphatic heterocycles. The highest BCUT2D eigenvalue weighted by molar-refractivity contribution is 6.03. The Morgan fingerprint density at radius 1 is 1.31 bits per heavy atom. The first-order chi connectivity index (χ1) is 7.70. The van der Waals surface area contributed by atoms with Gasteiger partial charge in [-0.15, -0.1) is 0 Å². The van der Waals surface area contributed by atoms with Crippen LogP contribution in [0.3, 0.4) is 0 Å². The Kier molecular flexibility index (Phi) is 1.80. The van der Waals surface area contributed by atoms with E-state index in [1.807, 2.05) is 30.3 Å². The van der Waals surface area contributed by atoms with Crippen LogP contribution < -0.4 is 4.90 Å². The molecule has 0 radical (unpaired) electrons. The van der Waals surface area contributed by atoms with Gasteiger partial charge in [-0.25, -0.2) is 0 Å². The van der Waals surface area contributed by atoms with Crippen LogP contribution in [0.4, 0.5) is 5.69 Å². The van der Waals surface area contributed by atoms with Gasteiger partial charge in [0.1, 0.15) is 0 Å². The summed E-state index contributed by atoms with van der Waals surface area (Å²) in [6, 6.07) is 9.39. The Morgan fingerprint density at radius 3 is 2.50 bits per heavy atom. The van der Waals surface area contributed by atoms with E-state index in [4.69, 9.17) is 5.11 Å². The molecule has 1 saturated heterocycles. The molecule has 1 amide bonds. The van der Waals surface area contributed by atoms with E-state index in [9.17, 15) is 9.59 Å². The lowest BCUT2D eigenvalue weighted by atomic mass is 10.2. The number of piperidine rings is 1. The van der Waals surface area contributed by atoms with E-state index in [0.717, 1.165) is 5.69 Å². The quantitative estimate of drug-likeness (QED) is 0.803. The van der Waals surface area contributed by atoms with Gasteiger partial charge in [0.15, 0.2) is 0 Å². The number of benzene rings is 1. The third-order valence-corrected chi connectivity index (χ3v) is 3.47. The van der Waals surface area contributed by atoms with Crippen molar-refractivity contribution in [1.82, 2.24) is 0 Å². The van der Waals surface area contributed by atoms with Crippen molar-refractivity contribution in [1.29, 1.82) is 0 Å². The van der Waals surface area contributed by atoms with Crippen molar-refractivity contribution in [3.63, 3.8) is 0 Å². The molecule has 16 heavy (non-hydrogen) atoms. The minimum Gasteiger partial charge on any atom is -0.481 e. The second-order valence-electron chi connectivity index (χ2n) is 4.34. The summed E-state index contributed by atoms with van der Waals surface area (Å²) in [6.07, 6.45) is 0. The number of aliphatic carboxylic acids is 1. The minimum atomic E-state index is -0.837. The maximum Gasteiger partial charge on any atom is 0.307 e. The van der Waals surface area contributed by atoms with Gasteiger partial charge in [0.25, 0.3) is 0 Å². The van der Waals surface area contributed by atoms with Crippen molar-refractivity contribution < 1.29 is 14.7 Å². The summed E-state index contributed by atoms with van der Waals surface area (Å²) < 4.78 is 0. The molecular formula is C12H11NO3. The fourth-order valence-electron chi connectivity index (χ4n) is 2.60. The Balaban J connectivity index is 1.81. The molecule has 4 nitrogen and oxygen atoms in total. The molecule has 82 valence electrons. The number of carboxylic acid groups (broad SMARTS) is 1. The standard InChI is InChI=1S/C12H11NO3/c14-11-9-8(10(9)12(15)16)6-13(11)7-4-2-1-3-5-7/h1-5,8-10H,6H2,(H,15,16). The lowest BCUT2D eigenvalue weighted by molar-refractivity contribution is -0.140. The third kappa shape index (κ3) is 1.16. The Bertz CT molecular complexity index is 457. The summed E-state index contributed by atoms with van der Waals surface area (Å²) >= 11 is 0. The van der Waals surface area contributed by atoms with Crippen LogP contribution in [0.15, 0.2) is 30.3 Å². The van der Waals surface area contributed by atoms with Gasteiger partial charge in [-0.05, 0) is 12.1 Å². The molecule has 1 N–H and O–H groups in total. The lowest BCUT2D eigenvalue weighted by Crippen LogP contribution is -2.31. The smallest absolute Gasteiger partial charge is 0.307 e. The maximum atomic E-state index is 11.9. The molecule has 2 aliphatic rings. The number of carboxylic acids is 1. The van der Waals surface area contributed by atoms with Crippen molar-refractivity contribution in [2.75, 3.05) is 11.4 Å². The van der Waals surface area contributed by atoms with Gasteiger partial charge in [0.2, 0.25) is 5.91 Å². The van der Waals surface area contributed by atoms with Crippen LogP contribution in [0.2, 0.25) is 0 Å². The molecule has 4 heteroatoms. The van der Waals surface area contributed by atoms with E-state index < -0.39 is 11.9 Å². The first kappa shape index (κ1) is 9.39. The van der Waals surface area contributed by atoms with Crippen LogP contribution in [0, 0.1) is 17.8 Å². The summed E-state index contributed by atoms with van der Waals surface area (Å²) in [5.74, 6) is -1.57. The molecule has 0 spiro atoms. The number of rotatable bonds is 2. The molecule has 1 aliphatic carbocycles. The van der Waals surface area contributed by atoms with Gasteiger partial charge in [-0.1, -0.05) is 18.2 Å². The SMILES string of the molecule is O=C(O)C1C2CN(c3ccccc3)C(=O)C21. The van der Waals surface area contributed by atoms with E-state index in [2.05, 4.69) is 0 Å². The zero-order valence-electron chi connectivity index (χ0n) is 8.54. The van der Waals surface area contributed by atoms with Crippen LogP contribution >= 0.6 is 0 Å². The van der Waals surface area contributed by atoms with Gasteiger partial charge < -0.3 is 10.0 Å². The van der Waals surface area contributed by atoms with Gasteiger partial charge in [0, 0.05) is 18.2 Å². The van der Waals surface area contributed by atoms with E-state index in [1.54, 1.807) is 4.90 Å². The number of carbonyl (C=O) groups is 2. The molecule has 1 heterocycles. The Morgan fingerprint density at radius 2 is 2.00 bits per heavy atom. The number of anilines is 1. The zero-order valence-corrected chi connectivity index (χ0v) is 8.54. The van der Waals surface area contributed by atoms with Gasteiger partial charge >= 0.3 is 5.97 Å². The molecule has 0 aromatic heterocycles. The summed E-state index contributed by atoms with van der Waals surface area (Å²) in [5.41, 5.74) is 0.865. The van der Waals surface area contributed by atoms with Crippen molar-refractivity contribution in [3.8, 4) is 0 Å². The normalized spacial score (nSPS) is 31.4. The fraction of sp³-hybridized carbons (Fsp3) is 0.333. The number of nitrogens with zero attached hydrogens (tertiary/aromatic N) is 1. The van der Waals surface area contributed by atoms with Gasteiger partial charge in [0.05, 0.1) is 11.8 Å². The predicted octanol–water partition coefficient (Wildman–Crippen LogP) is 0.980. The highest BCUT2D eigenvalue weighted by atomic mass is 16.4. The molecule has 1 aromatic rings. The van der Waals surface area contributed by atoms with Crippen LogP contribution in [0.25, 0.3) is 0 Å². The Labute approximate surface area is 92.5 Å². The first-order valence-corrected chi connectivity index (χ1v) is 5.29. The van der Waals surface area contributed by atoms with Crippen molar-refractivity contribution in [2.24, 2.45) is 17.8 Å². The number of amides is 1. The predicted molar refractivity (Wildman–Crippen MR) is 56.9 cm³/mol. The number of para-hydroxylation sites is 1. The van der Waals surface area contributed by atoms with E-state index >= 15 is 0 Å². The highest BCUT2D eigenvalue weighted by Crippen LogP contribution is 2.53. The summed E-state index contributed by atoms with van der Waals surface area (Å²) in [4.78, 5) is 24.4. The Hall–Kier alpha value is -1.84. The lowest BCUT2D eigenvalue weighted by Gasteiger charge is -2.19. The molecule has 1 saturated carbocycles.